The van der Waals surface area contributed by atoms with Crippen LogP contribution in [0.2, 0.25) is 0 Å². The van der Waals surface area contributed by atoms with E-state index in [4.69, 9.17) is 5.11 Å². The van der Waals surface area contributed by atoms with Crippen LogP contribution in [-0.2, 0) is 4.79 Å². The van der Waals surface area contributed by atoms with E-state index in [0.29, 0.717) is 11.5 Å². The molecule has 0 saturated heterocycles. The Morgan fingerprint density at radius 2 is 1.92 bits per heavy atom. The molecule has 0 radical (unpaired) electrons. The van der Waals surface area contributed by atoms with Crippen LogP contribution >= 0.6 is 0 Å². The highest BCUT2D eigenvalue weighted by molar-refractivity contribution is 5.86. The minimum atomic E-state index is -0.785. The summed E-state index contributed by atoms with van der Waals surface area (Å²) in [7, 11) is 0. The van der Waals surface area contributed by atoms with Crippen LogP contribution in [0.3, 0.4) is 0 Å². The molecule has 0 aliphatic rings. The molecule has 0 aromatic rings. The number of hydrogen-bond donors (Lipinski definition) is 1. The van der Waals surface area contributed by atoms with E-state index in [0.717, 1.165) is 18.4 Å². The number of carboxylic acid groups (broad SMARTS) is 1. The van der Waals surface area contributed by atoms with Crippen molar-refractivity contribution in [2.45, 2.75) is 40.5 Å². The third kappa shape index (κ3) is 3.56. The van der Waals surface area contributed by atoms with Crippen molar-refractivity contribution in [3.05, 3.63) is 11.1 Å². The first-order valence-electron chi connectivity index (χ1n) is 4.40. The summed E-state index contributed by atoms with van der Waals surface area (Å²) in [6.07, 6.45) is 1.74. The molecule has 0 amide bonds. The van der Waals surface area contributed by atoms with Crippen molar-refractivity contribution in [2.75, 3.05) is 0 Å². The maximum absolute atomic E-state index is 10.6. The maximum Gasteiger partial charge on any atom is 0.331 e. The number of aliphatic carboxylic acids is 1. The summed E-state index contributed by atoms with van der Waals surface area (Å²) in [5, 5.41) is 8.74. The Morgan fingerprint density at radius 1 is 1.42 bits per heavy atom. The topological polar surface area (TPSA) is 37.3 Å². The smallest absolute Gasteiger partial charge is 0.331 e. The Morgan fingerprint density at radius 3 is 2.17 bits per heavy atom. The lowest BCUT2D eigenvalue weighted by molar-refractivity contribution is -0.132. The average Bonchev–Trinajstić information content (AvgIpc) is 1.98. The molecule has 0 spiro atoms. The lowest BCUT2D eigenvalue weighted by Crippen LogP contribution is -2.03. The minimum absolute atomic E-state index is 0.520. The van der Waals surface area contributed by atoms with Gasteiger partial charge in [0.15, 0.2) is 0 Å². The fourth-order valence-corrected chi connectivity index (χ4v) is 1.21. The molecule has 0 heterocycles. The van der Waals surface area contributed by atoms with Crippen LogP contribution in [-0.4, -0.2) is 11.1 Å². The Hall–Kier alpha value is -0.790. The van der Waals surface area contributed by atoms with Crippen LogP contribution < -0.4 is 0 Å². The zero-order valence-electron chi connectivity index (χ0n) is 8.35. The van der Waals surface area contributed by atoms with E-state index in [9.17, 15) is 4.79 Å². The SMILES string of the molecule is CCC(CC(C)C)=C(C)C(=O)O. The standard InChI is InChI=1S/C10H18O2/c1-5-9(6-7(2)3)8(4)10(11)12/h7H,5-6H2,1-4H3,(H,11,12). The van der Waals surface area contributed by atoms with E-state index in [1.165, 1.54) is 0 Å². The Bertz CT molecular complexity index is 190. The number of carbonyl (C=O) groups is 1. The first-order valence-corrected chi connectivity index (χ1v) is 4.40. The third-order valence-electron chi connectivity index (χ3n) is 1.93. The second-order valence-corrected chi connectivity index (χ2v) is 3.49. The first kappa shape index (κ1) is 11.2. The summed E-state index contributed by atoms with van der Waals surface area (Å²) >= 11 is 0. The molecule has 0 unspecified atom stereocenters. The summed E-state index contributed by atoms with van der Waals surface area (Å²) in [4.78, 5) is 10.6. The zero-order valence-corrected chi connectivity index (χ0v) is 8.35. The molecule has 2 nitrogen and oxygen atoms in total. The lowest BCUT2D eigenvalue weighted by Gasteiger charge is -2.09. The van der Waals surface area contributed by atoms with E-state index < -0.39 is 5.97 Å². The van der Waals surface area contributed by atoms with Gasteiger partial charge in [-0.25, -0.2) is 4.79 Å². The van der Waals surface area contributed by atoms with Crippen LogP contribution in [0.1, 0.15) is 40.5 Å². The van der Waals surface area contributed by atoms with Crippen molar-refractivity contribution in [3.8, 4) is 0 Å². The molecular weight excluding hydrogens is 152 g/mol. The van der Waals surface area contributed by atoms with E-state index in [-0.39, 0.29) is 0 Å². The number of rotatable bonds is 4. The predicted octanol–water partition coefficient (Wildman–Crippen LogP) is 2.84. The summed E-state index contributed by atoms with van der Waals surface area (Å²) in [5.74, 6) is -0.248. The highest BCUT2D eigenvalue weighted by atomic mass is 16.4. The highest BCUT2D eigenvalue weighted by Gasteiger charge is 2.08. The fourth-order valence-electron chi connectivity index (χ4n) is 1.21. The zero-order chi connectivity index (χ0) is 9.72. The number of hydrogen-bond acceptors (Lipinski definition) is 1. The summed E-state index contributed by atoms with van der Waals surface area (Å²) in [6.45, 7) is 7.89. The van der Waals surface area contributed by atoms with Crippen LogP contribution in [0.15, 0.2) is 11.1 Å². The van der Waals surface area contributed by atoms with Crippen molar-refractivity contribution >= 4 is 5.97 Å². The van der Waals surface area contributed by atoms with Crippen LogP contribution in [0.25, 0.3) is 0 Å². The van der Waals surface area contributed by atoms with Crippen molar-refractivity contribution in [1.29, 1.82) is 0 Å². The number of allylic oxidation sites excluding steroid dienone is 1. The molecule has 0 atom stereocenters. The maximum atomic E-state index is 10.6. The highest BCUT2D eigenvalue weighted by Crippen LogP contribution is 2.18. The lowest BCUT2D eigenvalue weighted by atomic mass is 9.97. The average molecular weight is 170 g/mol. The quantitative estimate of drug-likeness (QED) is 0.659. The Balaban J connectivity index is 4.50. The van der Waals surface area contributed by atoms with Crippen LogP contribution in [0, 0.1) is 5.92 Å². The monoisotopic (exact) mass is 170 g/mol. The summed E-state index contributed by atoms with van der Waals surface area (Å²) < 4.78 is 0. The fraction of sp³-hybridized carbons (Fsp3) is 0.700. The van der Waals surface area contributed by atoms with Gasteiger partial charge in [-0.3, -0.25) is 0 Å². The molecule has 0 bridgehead atoms. The van der Waals surface area contributed by atoms with Gasteiger partial charge in [-0.15, -0.1) is 0 Å². The van der Waals surface area contributed by atoms with Gasteiger partial charge >= 0.3 is 5.97 Å². The van der Waals surface area contributed by atoms with Gasteiger partial charge in [0, 0.05) is 5.57 Å². The van der Waals surface area contributed by atoms with Crippen LogP contribution in [0.4, 0.5) is 0 Å². The van der Waals surface area contributed by atoms with Gasteiger partial charge in [-0.05, 0) is 25.7 Å². The van der Waals surface area contributed by atoms with Crippen molar-refractivity contribution in [3.63, 3.8) is 0 Å². The molecule has 0 aliphatic heterocycles. The molecule has 70 valence electrons. The molecular formula is C10H18O2. The summed E-state index contributed by atoms with van der Waals surface area (Å²) in [6, 6.07) is 0. The molecule has 0 fully saturated rings. The second kappa shape index (κ2) is 4.96. The van der Waals surface area contributed by atoms with Crippen molar-refractivity contribution in [1.82, 2.24) is 0 Å². The van der Waals surface area contributed by atoms with Gasteiger partial charge in [0.1, 0.15) is 0 Å². The van der Waals surface area contributed by atoms with Gasteiger partial charge in [-0.2, -0.15) is 0 Å². The molecule has 0 aliphatic carbocycles. The first-order chi connectivity index (χ1) is 5.49. The van der Waals surface area contributed by atoms with E-state index in [1.54, 1.807) is 6.92 Å². The molecule has 12 heavy (non-hydrogen) atoms. The van der Waals surface area contributed by atoms with E-state index in [2.05, 4.69) is 13.8 Å². The van der Waals surface area contributed by atoms with E-state index >= 15 is 0 Å². The van der Waals surface area contributed by atoms with Crippen molar-refractivity contribution in [2.24, 2.45) is 5.92 Å². The third-order valence-corrected chi connectivity index (χ3v) is 1.93. The largest absolute Gasteiger partial charge is 0.478 e. The second-order valence-electron chi connectivity index (χ2n) is 3.49. The number of carboxylic acids is 1. The molecule has 0 rings (SSSR count). The van der Waals surface area contributed by atoms with Gasteiger partial charge < -0.3 is 5.11 Å². The molecule has 1 N–H and O–H groups in total. The van der Waals surface area contributed by atoms with Gasteiger partial charge in [-0.1, -0.05) is 26.3 Å². The Labute approximate surface area is 74.3 Å². The van der Waals surface area contributed by atoms with Gasteiger partial charge in [0.2, 0.25) is 0 Å². The normalized spacial score (nSPS) is 13.1. The Kier molecular flexibility index (Phi) is 4.64. The van der Waals surface area contributed by atoms with Gasteiger partial charge in [0.25, 0.3) is 0 Å². The molecule has 0 aromatic heterocycles. The molecule has 0 aromatic carbocycles. The molecule has 0 saturated carbocycles. The predicted molar refractivity (Wildman–Crippen MR) is 50.1 cm³/mol. The van der Waals surface area contributed by atoms with Crippen molar-refractivity contribution < 1.29 is 9.90 Å². The van der Waals surface area contributed by atoms with E-state index in [1.807, 2.05) is 6.92 Å². The summed E-state index contributed by atoms with van der Waals surface area (Å²) in [5.41, 5.74) is 1.59. The minimum Gasteiger partial charge on any atom is -0.478 e. The van der Waals surface area contributed by atoms with Crippen LogP contribution in [0.5, 0.6) is 0 Å². The molecule has 2 heteroatoms. The van der Waals surface area contributed by atoms with Gasteiger partial charge in [0.05, 0.1) is 0 Å².